The van der Waals surface area contributed by atoms with E-state index in [0.717, 1.165) is 0 Å². The Morgan fingerprint density at radius 2 is 2.44 bits per heavy atom. The summed E-state index contributed by atoms with van der Waals surface area (Å²) in [6.07, 6.45) is 5.02. The van der Waals surface area contributed by atoms with E-state index in [1.54, 1.807) is 6.92 Å². The van der Waals surface area contributed by atoms with Crippen molar-refractivity contribution < 1.29 is 4.21 Å². The lowest BCUT2D eigenvalue weighted by molar-refractivity contribution is 0.680. The smallest absolute Gasteiger partial charge is 0.0925 e. The third-order valence-electron chi connectivity index (χ3n) is 0.948. The van der Waals surface area contributed by atoms with Crippen LogP contribution in [0.15, 0.2) is 0 Å². The first kappa shape index (κ1) is 8.67. The van der Waals surface area contributed by atoms with Gasteiger partial charge in [-0.3, -0.25) is 4.21 Å². The summed E-state index contributed by atoms with van der Waals surface area (Å²) in [5.74, 6) is 2.90. The molecule has 2 atom stereocenters. The molecule has 0 aliphatic carbocycles. The van der Waals surface area contributed by atoms with Gasteiger partial charge < -0.3 is 5.73 Å². The first-order chi connectivity index (χ1) is 4.22. The maximum absolute atomic E-state index is 10.9. The van der Waals surface area contributed by atoms with Crippen LogP contribution in [0, 0.1) is 12.3 Å². The van der Waals surface area contributed by atoms with Gasteiger partial charge in [0.1, 0.15) is 0 Å². The molecule has 9 heavy (non-hydrogen) atoms. The average Bonchev–Trinajstić information content (AvgIpc) is 1.87. The largest absolute Gasteiger partial charge is 0.330 e. The highest BCUT2D eigenvalue weighted by molar-refractivity contribution is 7.85. The standard InChI is InChI=1S/C6H11NOS/c1-3-6(2)9(8)5-4-7/h1,6H,4-5,7H2,2H3. The first-order valence-electron chi connectivity index (χ1n) is 2.75. The Balaban J connectivity index is 3.63. The molecule has 0 spiro atoms. The highest BCUT2D eigenvalue weighted by atomic mass is 32.2. The van der Waals surface area contributed by atoms with E-state index in [-0.39, 0.29) is 5.25 Å². The summed E-state index contributed by atoms with van der Waals surface area (Å²) in [5.41, 5.74) is 5.16. The summed E-state index contributed by atoms with van der Waals surface area (Å²) in [4.78, 5) is 0. The summed E-state index contributed by atoms with van der Waals surface area (Å²) < 4.78 is 10.9. The van der Waals surface area contributed by atoms with Crippen LogP contribution in [0.1, 0.15) is 6.92 Å². The molecule has 0 aromatic rings. The van der Waals surface area contributed by atoms with E-state index in [1.165, 1.54) is 0 Å². The third-order valence-corrected chi connectivity index (χ3v) is 2.51. The van der Waals surface area contributed by atoms with Gasteiger partial charge in [-0.05, 0) is 6.92 Å². The van der Waals surface area contributed by atoms with E-state index in [1.807, 2.05) is 0 Å². The molecule has 0 aliphatic heterocycles. The first-order valence-corrected chi connectivity index (χ1v) is 4.14. The zero-order valence-electron chi connectivity index (χ0n) is 5.46. The number of hydrogen-bond acceptors (Lipinski definition) is 2. The van der Waals surface area contributed by atoms with E-state index in [4.69, 9.17) is 12.2 Å². The Kier molecular flexibility index (Phi) is 4.37. The van der Waals surface area contributed by atoms with Crippen LogP contribution in [0.4, 0.5) is 0 Å². The molecule has 2 nitrogen and oxygen atoms in total. The second-order valence-electron chi connectivity index (χ2n) is 1.68. The molecule has 0 saturated carbocycles. The monoisotopic (exact) mass is 145 g/mol. The summed E-state index contributed by atoms with van der Waals surface area (Å²) in [6, 6.07) is 0. The molecular weight excluding hydrogens is 134 g/mol. The van der Waals surface area contributed by atoms with Crippen molar-refractivity contribution in [1.29, 1.82) is 0 Å². The van der Waals surface area contributed by atoms with Crippen molar-refractivity contribution in [2.75, 3.05) is 12.3 Å². The van der Waals surface area contributed by atoms with Crippen LogP contribution in [-0.2, 0) is 10.8 Å². The molecule has 0 bridgehead atoms. The van der Waals surface area contributed by atoms with Gasteiger partial charge in [-0.25, -0.2) is 0 Å². The quantitative estimate of drug-likeness (QED) is 0.555. The number of hydrogen-bond donors (Lipinski definition) is 1. The highest BCUT2D eigenvalue weighted by Gasteiger charge is 2.04. The van der Waals surface area contributed by atoms with E-state index < -0.39 is 10.8 Å². The van der Waals surface area contributed by atoms with E-state index in [0.29, 0.717) is 12.3 Å². The van der Waals surface area contributed by atoms with E-state index >= 15 is 0 Å². The fraction of sp³-hybridized carbons (Fsp3) is 0.667. The molecule has 0 rings (SSSR count). The molecule has 0 amide bonds. The molecule has 2 unspecified atom stereocenters. The minimum atomic E-state index is -0.926. The van der Waals surface area contributed by atoms with Gasteiger partial charge in [0.2, 0.25) is 0 Å². The lowest BCUT2D eigenvalue weighted by atomic mass is 10.5. The van der Waals surface area contributed by atoms with Crippen LogP contribution < -0.4 is 5.73 Å². The molecule has 0 fully saturated rings. The second kappa shape index (κ2) is 4.54. The molecule has 2 N–H and O–H groups in total. The van der Waals surface area contributed by atoms with Crippen LogP contribution in [-0.4, -0.2) is 21.8 Å². The number of rotatable bonds is 3. The molecule has 0 aromatic heterocycles. The van der Waals surface area contributed by atoms with Gasteiger partial charge in [-0.15, -0.1) is 6.42 Å². The van der Waals surface area contributed by atoms with Gasteiger partial charge in [0, 0.05) is 23.1 Å². The van der Waals surface area contributed by atoms with Crippen molar-refractivity contribution in [2.45, 2.75) is 12.2 Å². The molecule has 52 valence electrons. The van der Waals surface area contributed by atoms with Crippen molar-refractivity contribution >= 4 is 10.8 Å². The van der Waals surface area contributed by atoms with Gasteiger partial charge >= 0.3 is 0 Å². The van der Waals surface area contributed by atoms with Gasteiger partial charge in [-0.2, -0.15) is 0 Å². The average molecular weight is 145 g/mol. The maximum Gasteiger partial charge on any atom is 0.0925 e. The minimum Gasteiger partial charge on any atom is -0.330 e. The third kappa shape index (κ3) is 3.28. The lowest BCUT2D eigenvalue weighted by Crippen LogP contribution is -2.17. The molecule has 0 heterocycles. The minimum absolute atomic E-state index is 0.159. The Morgan fingerprint density at radius 1 is 1.89 bits per heavy atom. The Bertz CT molecular complexity index is 138. The van der Waals surface area contributed by atoms with Crippen LogP contribution >= 0.6 is 0 Å². The van der Waals surface area contributed by atoms with Crippen LogP contribution in [0.5, 0.6) is 0 Å². The lowest BCUT2D eigenvalue weighted by Gasteiger charge is -2.00. The molecule has 3 heteroatoms. The second-order valence-corrected chi connectivity index (χ2v) is 3.56. The highest BCUT2D eigenvalue weighted by Crippen LogP contribution is 1.91. The number of nitrogens with two attached hydrogens (primary N) is 1. The Hall–Kier alpha value is -0.330. The topological polar surface area (TPSA) is 43.1 Å². The Labute approximate surface area is 58.3 Å². The molecular formula is C6H11NOS. The number of terminal acetylenes is 1. The van der Waals surface area contributed by atoms with Crippen molar-refractivity contribution in [3.05, 3.63) is 0 Å². The van der Waals surface area contributed by atoms with Gasteiger partial charge in [0.05, 0.1) is 5.25 Å². The van der Waals surface area contributed by atoms with Gasteiger partial charge in [-0.1, -0.05) is 5.92 Å². The maximum atomic E-state index is 10.9. The molecule has 0 aromatic carbocycles. The van der Waals surface area contributed by atoms with Gasteiger partial charge in [0.15, 0.2) is 0 Å². The van der Waals surface area contributed by atoms with E-state index in [2.05, 4.69) is 5.92 Å². The summed E-state index contributed by atoms with van der Waals surface area (Å²) in [6.45, 7) is 2.20. The molecule has 0 radical (unpaired) electrons. The predicted molar refractivity (Wildman–Crippen MR) is 40.4 cm³/mol. The summed E-state index contributed by atoms with van der Waals surface area (Å²) >= 11 is 0. The fourth-order valence-corrected chi connectivity index (χ4v) is 1.11. The van der Waals surface area contributed by atoms with Crippen molar-refractivity contribution in [2.24, 2.45) is 5.73 Å². The van der Waals surface area contributed by atoms with E-state index in [9.17, 15) is 4.21 Å². The molecule has 0 aliphatic rings. The van der Waals surface area contributed by atoms with Gasteiger partial charge in [0.25, 0.3) is 0 Å². The van der Waals surface area contributed by atoms with Crippen molar-refractivity contribution in [3.63, 3.8) is 0 Å². The zero-order chi connectivity index (χ0) is 7.28. The van der Waals surface area contributed by atoms with Crippen molar-refractivity contribution in [1.82, 2.24) is 0 Å². The predicted octanol–water partition coefficient (Wildman–Crippen LogP) is -0.284. The SMILES string of the molecule is C#CC(C)S(=O)CCN. The molecule has 0 saturated heterocycles. The normalized spacial score (nSPS) is 16.1. The van der Waals surface area contributed by atoms with Crippen LogP contribution in [0.3, 0.4) is 0 Å². The fourth-order valence-electron chi connectivity index (χ4n) is 0.369. The van der Waals surface area contributed by atoms with Crippen LogP contribution in [0.25, 0.3) is 0 Å². The summed E-state index contributed by atoms with van der Waals surface area (Å²) in [7, 11) is -0.926. The van der Waals surface area contributed by atoms with Crippen molar-refractivity contribution in [3.8, 4) is 12.3 Å². The zero-order valence-corrected chi connectivity index (χ0v) is 6.28. The summed E-state index contributed by atoms with van der Waals surface area (Å²) in [5, 5.41) is -0.159. The van der Waals surface area contributed by atoms with Crippen LogP contribution in [0.2, 0.25) is 0 Å². The Morgan fingerprint density at radius 3 is 2.78 bits per heavy atom.